The van der Waals surface area contributed by atoms with E-state index in [9.17, 15) is 0 Å². The fourth-order valence-corrected chi connectivity index (χ4v) is 1.60. The van der Waals surface area contributed by atoms with Crippen LogP contribution in [0.15, 0.2) is 24.3 Å². The molecule has 0 saturated carbocycles. The quantitative estimate of drug-likeness (QED) is 0.793. The molecule has 1 aromatic rings. The van der Waals surface area contributed by atoms with Crippen molar-refractivity contribution in [2.24, 2.45) is 0 Å². The predicted molar refractivity (Wildman–Crippen MR) is 68.9 cm³/mol. The van der Waals surface area contributed by atoms with Gasteiger partial charge in [-0.05, 0) is 44.5 Å². The van der Waals surface area contributed by atoms with Gasteiger partial charge in [0.05, 0.1) is 6.10 Å². The van der Waals surface area contributed by atoms with Crippen LogP contribution in [0.25, 0.3) is 0 Å². The van der Waals surface area contributed by atoms with Crippen molar-refractivity contribution in [3.05, 3.63) is 29.8 Å². The van der Waals surface area contributed by atoms with Crippen LogP contribution in [-0.2, 0) is 0 Å². The van der Waals surface area contributed by atoms with Crippen LogP contribution in [0.2, 0.25) is 0 Å². The van der Waals surface area contributed by atoms with Gasteiger partial charge in [0.25, 0.3) is 0 Å². The molecule has 0 fully saturated rings. The van der Waals surface area contributed by atoms with Crippen LogP contribution in [0.4, 0.5) is 0 Å². The summed E-state index contributed by atoms with van der Waals surface area (Å²) < 4.78 is 5.80. The summed E-state index contributed by atoms with van der Waals surface area (Å²) in [5.41, 5.74) is 1.28. The highest BCUT2D eigenvalue weighted by Crippen LogP contribution is 2.20. The molecule has 0 aliphatic heterocycles. The Morgan fingerprint density at radius 1 is 1.25 bits per heavy atom. The second-order valence-electron chi connectivity index (χ2n) is 4.19. The number of rotatable bonds is 6. The Bertz CT molecular complexity index is 311. The highest BCUT2D eigenvalue weighted by molar-refractivity contribution is 5.30. The molecule has 1 N–H and O–H groups in total. The molecule has 0 saturated heterocycles. The van der Waals surface area contributed by atoms with Gasteiger partial charge in [0, 0.05) is 6.04 Å². The molecule has 0 amide bonds. The minimum atomic E-state index is 0.282. The van der Waals surface area contributed by atoms with Crippen LogP contribution >= 0.6 is 0 Å². The minimum Gasteiger partial charge on any atom is -0.491 e. The maximum atomic E-state index is 5.80. The van der Waals surface area contributed by atoms with Crippen molar-refractivity contribution < 1.29 is 4.74 Å². The SMILES string of the molecule is CCNC(C)c1cccc(OC(C)CC)c1. The lowest BCUT2D eigenvalue weighted by atomic mass is 10.1. The Kier molecular flexibility index (Phi) is 5.33. The molecule has 0 aliphatic rings. The van der Waals surface area contributed by atoms with Gasteiger partial charge in [0.2, 0.25) is 0 Å². The number of hydrogen-bond donors (Lipinski definition) is 1. The Labute approximate surface area is 99.0 Å². The summed E-state index contributed by atoms with van der Waals surface area (Å²) in [4.78, 5) is 0. The van der Waals surface area contributed by atoms with E-state index in [2.05, 4.69) is 51.2 Å². The summed E-state index contributed by atoms with van der Waals surface area (Å²) >= 11 is 0. The highest BCUT2D eigenvalue weighted by Gasteiger charge is 2.06. The summed E-state index contributed by atoms with van der Waals surface area (Å²) in [5, 5.41) is 3.40. The van der Waals surface area contributed by atoms with Gasteiger partial charge in [0.1, 0.15) is 5.75 Å². The molecular weight excluding hydrogens is 198 g/mol. The number of nitrogens with one attached hydrogen (secondary N) is 1. The zero-order valence-corrected chi connectivity index (χ0v) is 10.8. The monoisotopic (exact) mass is 221 g/mol. The van der Waals surface area contributed by atoms with E-state index in [1.165, 1.54) is 5.56 Å². The van der Waals surface area contributed by atoms with Gasteiger partial charge in [-0.25, -0.2) is 0 Å². The normalized spacial score (nSPS) is 14.5. The number of hydrogen-bond acceptors (Lipinski definition) is 2. The molecule has 0 bridgehead atoms. The molecule has 0 aromatic heterocycles. The van der Waals surface area contributed by atoms with Gasteiger partial charge in [-0.2, -0.15) is 0 Å². The van der Waals surface area contributed by atoms with E-state index in [0.29, 0.717) is 6.04 Å². The molecule has 2 nitrogen and oxygen atoms in total. The van der Waals surface area contributed by atoms with Crippen LogP contribution in [0, 0.1) is 0 Å². The van der Waals surface area contributed by atoms with Crippen molar-refractivity contribution in [3.63, 3.8) is 0 Å². The zero-order chi connectivity index (χ0) is 12.0. The van der Waals surface area contributed by atoms with E-state index in [1.54, 1.807) is 0 Å². The summed E-state index contributed by atoms with van der Waals surface area (Å²) in [7, 11) is 0. The van der Waals surface area contributed by atoms with E-state index < -0.39 is 0 Å². The number of benzene rings is 1. The van der Waals surface area contributed by atoms with Crippen molar-refractivity contribution in [1.82, 2.24) is 5.32 Å². The van der Waals surface area contributed by atoms with E-state index in [4.69, 9.17) is 4.74 Å². The molecule has 0 heterocycles. The Balaban J connectivity index is 2.70. The topological polar surface area (TPSA) is 21.3 Å². The molecule has 0 radical (unpaired) electrons. The molecule has 0 aliphatic carbocycles. The van der Waals surface area contributed by atoms with Crippen LogP contribution in [-0.4, -0.2) is 12.6 Å². The lowest BCUT2D eigenvalue weighted by molar-refractivity contribution is 0.217. The third kappa shape index (κ3) is 3.86. The maximum absolute atomic E-state index is 5.80. The van der Waals surface area contributed by atoms with E-state index in [0.717, 1.165) is 18.7 Å². The Morgan fingerprint density at radius 2 is 2.00 bits per heavy atom. The molecule has 2 atom stereocenters. The third-order valence-corrected chi connectivity index (χ3v) is 2.78. The highest BCUT2D eigenvalue weighted by atomic mass is 16.5. The van der Waals surface area contributed by atoms with E-state index >= 15 is 0 Å². The van der Waals surface area contributed by atoms with Gasteiger partial charge in [-0.15, -0.1) is 0 Å². The molecule has 1 rings (SSSR count). The van der Waals surface area contributed by atoms with Crippen LogP contribution in [0.1, 0.15) is 45.7 Å². The first-order valence-electron chi connectivity index (χ1n) is 6.17. The van der Waals surface area contributed by atoms with Gasteiger partial charge in [0.15, 0.2) is 0 Å². The molecule has 90 valence electrons. The van der Waals surface area contributed by atoms with Crippen molar-refractivity contribution >= 4 is 0 Å². The smallest absolute Gasteiger partial charge is 0.120 e. The standard InChI is InChI=1S/C14H23NO/c1-5-11(3)16-14-9-7-8-13(10-14)12(4)15-6-2/h7-12,15H,5-6H2,1-4H3. The fourth-order valence-electron chi connectivity index (χ4n) is 1.60. The van der Waals surface area contributed by atoms with Crippen molar-refractivity contribution in [2.45, 2.75) is 46.3 Å². The first kappa shape index (κ1) is 13.0. The van der Waals surface area contributed by atoms with Crippen molar-refractivity contribution in [1.29, 1.82) is 0 Å². The Morgan fingerprint density at radius 3 is 2.62 bits per heavy atom. The predicted octanol–water partition coefficient (Wildman–Crippen LogP) is 3.53. The van der Waals surface area contributed by atoms with Gasteiger partial charge >= 0.3 is 0 Å². The average molecular weight is 221 g/mol. The lowest BCUT2D eigenvalue weighted by Crippen LogP contribution is -2.18. The molecular formula is C14H23NO. The maximum Gasteiger partial charge on any atom is 0.120 e. The minimum absolute atomic E-state index is 0.282. The summed E-state index contributed by atoms with van der Waals surface area (Å²) in [6, 6.07) is 8.72. The zero-order valence-electron chi connectivity index (χ0n) is 10.8. The lowest BCUT2D eigenvalue weighted by Gasteiger charge is -2.16. The Hall–Kier alpha value is -1.02. The first-order valence-corrected chi connectivity index (χ1v) is 6.17. The van der Waals surface area contributed by atoms with E-state index in [-0.39, 0.29) is 6.10 Å². The molecule has 0 spiro atoms. The summed E-state index contributed by atoms with van der Waals surface area (Å²) in [6.07, 6.45) is 1.32. The largest absolute Gasteiger partial charge is 0.491 e. The molecule has 16 heavy (non-hydrogen) atoms. The van der Waals surface area contributed by atoms with Crippen molar-refractivity contribution in [2.75, 3.05) is 6.54 Å². The second-order valence-corrected chi connectivity index (χ2v) is 4.19. The second kappa shape index (κ2) is 6.54. The van der Waals surface area contributed by atoms with Crippen LogP contribution in [0.5, 0.6) is 5.75 Å². The molecule has 1 aromatic carbocycles. The fraction of sp³-hybridized carbons (Fsp3) is 0.571. The van der Waals surface area contributed by atoms with Gasteiger partial charge in [-0.3, -0.25) is 0 Å². The van der Waals surface area contributed by atoms with Crippen molar-refractivity contribution in [3.8, 4) is 5.75 Å². The molecule has 2 unspecified atom stereocenters. The number of ether oxygens (including phenoxy) is 1. The van der Waals surface area contributed by atoms with Gasteiger partial charge in [-0.1, -0.05) is 26.0 Å². The first-order chi connectivity index (χ1) is 7.67. The summed E-state index contributed by atoms with van der Waals surface area (Å²) in [5.74, 6) is 0.969. The van der Waals surface area contributed by atoms with Crippen LogP contribution < -0.4 is 10.1 Å². The summed E-state index contributed by atoms with van der Waals surface area (Å²) in [6.45, 7) is 9.51. The van der Waals surface area contributed by atoms with E-state index in [1.807, 2.05) is 6.07 Å². The average Bonchev–Trinajstić information content (AvgIpc) is 2.29. The van der Waals surface area contributed by atoms with Crippen LogP contribution in [0.3, 0.4) is 0 Å². The third-order valence-electron chi connectivity index (χ3n) is 2.78. The van der Waals surface area contributed by atoms with Gasteiger partial charge < -0.3 is 10.1 Å². The molecule has 2 heteroatoms.